The van der Waals surface area contributed by atoms with Crippen molar-refractivity contribution in [2.75, 3.05) is 10.2 Å². The van der Waals surface area contributed by atoms with Gasteiger partial charge in [-0.15, -0.1) is 6.42 Å². The zero-order valence-corrected chi connectivity index (χ0v) is 14.2. The average Bonchev–Trinajstić information content (AvgIpc) is 2.61. The van der Waals surface area contributed by atoms with E-state index in [1.165, 1.54) is 6.20 Å². The Kier molecular flexibility index (Phi) is 4.41. The van der Waals surface area contributed by atoms with Gasteiger partial charge in [0, 0.05) is 30.4 Å². The SMILES string of the molecule is C#Cc1ccc2c(c1)[C@H](Nc1ccc(C#N)cn1)C[C@H](C)N2C(C)=O. The number of carbonyl (C=O) groups excluding carboxylic acids is 1. The first-order valence-corrected chi connectivity index (χ1v) is 8.06. The van der Waals surface area contributed by atoms with Crippen molar-refractivity contribution >= 4 is 17.4 Å². The van der Waals surface area contributed by atoms with Gasteiger partial charge < -0.3 is 10.2 Å². The van der Waals surface area contributed by atoms with E-state index in [9.17, 15) is 4.79 Å². The largest absolute Gasteiger partial charge is 0.363 e. The maximum atomic E-state index is 12.1. The molecule has 0 saturated carbocycles. The summed E-state index contributed by atoms with van der Waals surface area (Å²) >= 11 is 0. The first-order chi connectivity index (χ1) is 12.0. The van der Waals surface area contributed by atoms with Crippen LogP contribution < -0.4 is 10.2 Å². The Bertz CT molecular complexity index is 889. The maximum absolute atomic E-state index is 12.1. The summed E-state index contributed by atoms with van der Waals surface area (Å²) in [5.74, 6) is 3.34. The van der Waals surface area contributed by atoms with Gasteiger partial charge in [0.05, 0.1) is 11.6 Å². The van der Waals surface area contributed by atoms with Crippen molar-refractivity contribution in [1.82, 2.24) is 4.98 Å². The van der Waals surface area contributed by atoms with Gasteiger partial charge in [0.15, 0.2) is 0 Å². The normalized spacial score (nSPS) is 18.6. The third kappa shape index (κ3) is 3.18. The Labute approximate surface area is 147 Å². The van der Waals surface area contributed by atoms with E-state index in [0.29, 0.717) is 11.4 Å². The molecule has 2 atom stereocenters. The molecular formula is C20H18N4O. The summed E-state index contributed by atoms with van der Waals surface area (Å²) in [6, 6.07) is 11.3. The van der Waals surface area contributed by atoms with Crippen LogP contribution in [0.25, 0.3) is 0 Å². The van der Waals surface area contributed by atoms with Crippen LogP contribution in [0.3, 0.4) is 0 Å². The summed E-state index contributed by atoms with van der Waals surface area (Å²) in [4.78, 5) is 18.2. The highest BCUT2D eigenvalue weighted by molar-refractivity contribution is 5.94. The number of hydrogen-bond donors (Lipinski definition) is 1. The monoisotopic (exact) mass is 330 g/mol. The molecule has 1 aromatic heterocycles. The van der Waals surface area contributed by atoms with Gasteiger partial charge in [0.2, 0.25) is 5.91 Å². The number of aromatic nitrogens is 1. The van der Waals surface area contributed by atoms with Crippen molar-refractivity contribution in [2.45, 2.75) is 32.4 Å². The molecule has 3 rings (SSSR count). The Hall–Kier alpha value is -3.31. The van der Waals surface area contributed by atoms with Crippen molar-refractivity contribution < 1.29 is 4.79 Å². The molecule has 0 spiro atoms. The summed E-state index contributed by atoms with van der Waals surface area (Å²) in [5, 5.41) is 12.3. The molecule has 0 bridgehead atoms. The number of benzene rings is 1. The third-order valence-electron chi connectivity index (χ3n) is 4.40. The van der Waals surface area contributed by atoms with Gasteiger partial charge in [-0.25, -0.2) is 4.98 Å². The molecular weight excluding hydrogens is 312 g/mol. The van der Waals surface area contributed by atoms with Crippen molar-refractivity contribution in [3.63, 3.8) is 0 Å². The van der Waals surface area contributed by atoms with E-state index >= 15 is 0 Å². The minimum Gasteiger partial charge on any atom is -0.363 e. The molecule has 124 valence electrons. The molecule has 0 saturated heterocycles. The number of fused-ring (bicyclic) bond motifs is 1. The minimum atomic E-state index is -0.0191. The number of nitriles is 1. The van der Waals surface area contributed by atoms with Crippen LogP contribution in [0.1, 0.15) is 43.0 Å². The molecule has 1 N–H and O–H groups in total. The van der Waals surface area contributed by atoms with Crippen LogP contribution >= 0.6 is 0 Å². The third-order valence-corrected chi connectivity index (χ3v) is 4.40. The predicted molar refractivity (Wildman–Crippen MR) is 96.9 cm³/mol. The summed E-state index contributed by atoms with van der Waals surface area (Å²) < 4.78 is 0. The molecule has 2 aromatic rings. The van der Waals surface area contributed by atoms with Crippen LogP contribution in [-0.2, 0) is 4.79 Å². The summed E-state index contributed by atoms with van der Waals surface area (Å²) in [6.07, 6.45) is 7.82. The Morgan fingerprint density at radius 2 is 2.12 bits per heavy atom. The second-order valence-electron chi connectivity index (χ2n) is 6.13. The lowest BCUT2D eigenvalue weighted by Crippen LogP contribution is -2.43. The number of nitrogens with one attached hydrogen (secondary N) is 1. The molecule has 1 aliphatic heterocycles. The smallest absolute Gasteiger partial charge is 0.224 e. The lowest BCUT2D eigenvalue weighted by Gasteiger charge is -2.39. The average molecular weight is 330 g/mol. The number of hydrogen-bond acceptors (Lipinski definition) is 4. The number of anilines is 2. The molecule has 1 aromatic carbocycles. The molecule has 0 aliphatic carbocycles. The molecule has 1 amide bonds. The van der Waals surface area contributed by atoms with Crippen LogP contribution in [0.4, 0.5) is 11.5 Å². The van der Waals surface area contributed by atoms with E-state index in [1.54, 1.807) is 24.0 Å². The first-order valence-electron chi connectivity index (χ1n) is 8.06. The fourth-order valence-corrected chi connectivity index (χ4v) is 3.29. The highest BCUT2D eigenvalue weighted by atomic mass is 16.2. The maximum Gasteiger partial charge on any atom is 0.224 e. The fourth-order valence-electron chi connectivity index (χ4n) is 3.29. The number of nitrogens with zero attached hydrogens (tertiary/aromatic N) is 3. The minimum absolute atomic E-state index is 0.0113. The van der Waals surface area contributed by atoms with Crippen molar-refractivity contribution in [1.29, 1.82) is 5.26 Å². The van der Waals surface area contributed by atoms with Gasteiger partial charge in [-0.1, -0.05) is 5.92 Å². The zero-order valence-electron chi connectivity index (χ0n) is 14.2. The number of amides is 1. The lowest BCUT2D eigenvalue weighted by atomic mass is 9.90. The van der Waals surface area contributed by atoms with E-state index in [4.69, 9.17) is 11.7 Å². The Morgan fingerprint density at radius 3 is 2.72 bits per heavy atom. The number of terminal acetylenes is 1. The number of carbonyl (C=O) groups is 1. The van der Waals surface area contributed by atoms with Crippen LogP contribution in [-0.4, -0.2) is 16.9 Å². The van der Waals surface area contributed by atoms with Crippen LogP contribution in [0.15, 0.2) is 36.5 Å². The highest BCUT2D eigenvalue weighted by Gasteiger charge is 2.32. The molecule has 2 heterocycles. The van der Waals surface area contributed by atoms with Gasteiger partial charge in [0.25, 0.3) is 0 Å². The summed E-state index contributed by atoms with van der Waals surface area (Å²) in [6.45, 7) is 3.60. The summed E-state index contributed by atoms with van der Waals surface area (Å²) in [7, 11) is 0. The predicted octanol–water partition coefficient (Wildman–Crippen LogP) is 3.23. The van der Waals surface area contributed by atoms with E-state index in [0.717, 1.165) is 23.2 Å². The van der Waals surface area contributed by atoms with E-state index in [1.807, 2.05) is 25.1 Å². The van der Waals surface area contributed by atoms with E-state index in [-0.39, 0.29) is 18.0 Å². The topological polar surface area (TPSA) is 69.0 Å². The molecule has 0 fully saturated rings. The molecule has 0 unspecified atom stereocenters. The van der Waals surface area contributed by atoms with Gasteiger partial charge in [-0.3, -0.25) is 4.79 Å². The second-order valence-corrected chi connectivity index (χ2v) is 6.13. The highest BCUT2D eigenvalue weighted by Crippen LogP contribution is 2.39. The quantitative estimate of drug-likeness (QED) is 0.858. The van der Waals surface area contributed by atoms with Crippen molar-refractivity contribution in [3.05, 3.63) is 53.2 Å². The fraction of sp³-hybridized carbons (Fsp3) is 0.250. The first kappa shape index (κ1) is 16.5. The van der Waals surface area contributed by atoms with Gasteiger partial charge in [-0.05, 0) is 49.2 Å². The van der Waals surface area contributed by atoms with E-state index in [2.05, 4.69) is 22.3 Å². The Morgan fingerprint density at radius 1 is 1.36 bits per heavy atom. The van der Waals surface area contributed by atoms with Crippen molar-refractivity contribution in [2.24, 2.45) is 0 Å². The number of rotatable bonds is 2. The van der Waals surface area contributed by atoms with Gasteiger partial charge in [-0.2, -0.15) is 5.26 Å². The van der Waals surface area contributed by atoms with Crippen LogP contribution in [0.5, 0.6) is 0 Å². The van der Waals surface area contributed by atoms with Crippen LogP contribution in [0, 0.1) is 23.7 Å². The van der Waals surface area contributed by atoms with Crippen LogP contribution in [0.2, 0.25) is 0 Å². The molecule has 25 heavy (non-hydrogen) atoms. The van der Waals surface area contributed by atoms with Gasteiger partial charge >= 0.3 is 0 Å². The molecule has 0 radical (unpaired) electrons. The Balaban J connectivity index is 1.99. The van der Waals surface area contributed by atoms with Crippen molar-refractivity contribution in [3.8, 4) is 18.4 Å². The van der Waals surface area contributed by atoms with E-state index < -0.39 is 0 Å². The second kappa shape index (κ2) is 6.67. The molecule has 5 nitrogen and oxygen atoms in total. The molecule has 5 heteroatoms. The zero-order chi connectivity index (χ0) is 18.0. The number of pyridine rings is 1. The molecule has 1 aliphatic rings. The standard InChI is InChI=1S/C20H18N4O/c1-4-15-5-7-19-17(10-15)18(9-13(2)24(19)14(3)25)23-20-8-6-16(11-21)12-22-20/h1,5-8,10,12-13,18H,9H2,2-3H3,(H,22,23)/t13-,18+/m0/s1. The lowest BCUT2D eigenvalue weighted by molar-refractivity contribution is -0.117. The van der Waals surface area contributed by atoms with Gasteiger partial charge in [0.1, 0.15) is 11.9 Å². The summed E-state index contributed by atoms with van der Waals surface area (Å²) in [5.41, 5.74) is 3.14.